The zero-order valence-electron chi connectivity index (χ0n) is 10.9. The van der Waals surface area contributed by atoms with Crippen molar-refractivity contribution in [3.8, 4) is 0 Å². The van der Waals surface area contributed by atoms with Crippen LogP contribution < -0.4 is 11.1 Å². The van der Waals surface area contributed by atoms with Gasteiger partial charge in [-0.2, -0.15) is 0 Å². The van der Waals surface area contributed by atoms with Crippen LogP contribution in [0.4, 0.5) is 0 Å². The van der Waals surface area contributed by atoms with Gasteiger partial charge in [0, 0.05) is 18.1 Å². The number of hydrogen-bond donors (Lipinski definition) is 2. The molecule has 90 valence electrons. The Kier molecular flexibility index (Phi) is 4.19. The van der Waals surface area contributed by atoms with Gasteiger partial charge in [-0.1, -0.05) is 27.2 Å². The highest BCUT2D eigenvalue weighted by Gasteiger charge is 2.34. The summed E-state index contributed by atoms with van der Waals surface area (Å²) in [5, 5.41) is 3.77. The summed E-state index contributed by atoms with van der Waals surface area (Å²) in [4.78, 5) is 0. The summed E-state index contributed by atoms with van der Waals surface area (Å²) in [6.07, 6.45) is 6.34. The van der Waals surface area contributed by atoms with Crippen molar-refractivity contribution in [3.05, 3.63) is 0 Å². The molecule has 2 unspecified atom stereocenters. The van der Waals surface area contributed by atoms with Crippen molar-refractivity contribution in [3.63, 3.8) is 0 Å². The molecule has 1 aliphatic rings. The van der Waals surface area contributed by atoms with E-state index in [2.05, 4.69) is 33.0 Å². The van der Waals surface area contributed by atoms with Crippen LogP contribution in [0.2, 0.25) is 0 Å². The molecule has 1 rings (SSSR count). The molecular formula is C13H28N2. The lowest BCUT2D eigenvalue weighted by molar-refractivity contribution is 0.279. The van der Waals surface area contributed by atoms with Crippen LogP contribution in [0.3, 0.4) is 0 Å². The zero-order chi connectivity index (χ0) is 11.5. The monoisotopic (exact) mass is 212 g/mol. The fraction of sp³-hybridized carbons (Fsp3) is 1.00. The van der Waals surface area contributed by atoms with Gasteiger partial charge in [0.05, 0.1) is 0 Å². The van der Waals surface area contributed by atoms with E-state index in [9.17, 15) is 0 Å². The van der Waals surface area contributed by atoms with Gasteiger partial charge in [-0.25, -0.2) is 0 Å². The van der Waals surface area contributed by atoms with Gasteiger partial charge in [0.15, 0.2) is 0 Å². The predicted octanol–water partition coefficient (Wildman–Crippen LogP) is 2.67. The Morgan fingerprint density at radius 3 is 2.53 bits per heavy atom. The SMILES string of the molecule is CCCC(C)(CN)NC1CCC(C)(C)C1. The molecule has 0 aliphatic heterocycles. The second-order valence-corrected chi connectivity index (χ2v) is 6.26. The molecule has 1 saturated carbocycles. The van der Waals surface area contributed by atoms with Crippen molar-refractivity contribution >= 4 is 0 Å². The molecule has 0 aromatic carbocycles. The van der Waals surface area contributed by atoms with Gasteiger partial charge >= 0.3 is 0 Å². The molecule has 2 heteroatoms. The molecule has 0 aromatic rings. The number of hydrogen-bond acceptors (Lipinski definition) is 2. The highest BCUT2D eigenvalue weighted by Crippen LogP contribution is 2.37. The van der Waals surface area contributed by atoms with Gasteiger partial charge in [0.25, 0.3) is 0 Å². The summed E-state index contributed by atoms with van der Waals surface area (Å²) in [6.45, 7) is 9.98. The summed E-state index contributed by atoms with van der Waals surface area (Å²) in [6, 6.07) is 0.681. The van der Waals surface area contributed by atoms with Crippen LogP contribution in [-0.4, -0.2) is 18.1 Å². The summed E-state index contributed by atoms with van der Waals surface area (Å²) in [5.74, 6) is 0. The average molecular weight is 212 g/mol. The maximum Gasteiger partial charge on any atom is 0.0278 e. The first kappa shape index (κ1) is 13.0. The second kappa shape index (κ2) is 4.84. The summed E-state index contributed by atoms with van der Waals surface area (Å²) >= 11 is 0. The lowest BCUT2D eigenvalue weighted by atomic mass is 9.90. The number of nitrogens with two attached hydrogens (primary N) is 1. The fourth-order valence-electron chi connectivity index (χ4n) is 2.84. The van der Waals surface area contributed by atoms with E-state index >= 15 is 0 Å². The molecule has 0 radical (unpaired) electrons. The smallest absolute Gasteiger partial charge is 0.0278 e. The molecule has 15 heavy (non-hydrogen) atoms. The molecule has 0 amide bonds. The van der Waals surface area contributed by atoms with E-state index in [0.29, 0.717) is 11.5 Å². The minimum atomic E-state index is 0.153. The molecule has 0 bridgehead atoms. The van der Waals surface area contributed by atoms with Crippen LogP contribution >= 0.6 is 0 Å². The molecule has 0 aromatic heterocycles. The standard InChI is InChI=1S/C13H28N2/c1-5-7-13(4,10-14)15-11-6-8-12(2,3)9-11/h11,15H,5-10,14H2,1-4H3. The zero-order valence-corrected chi connectivity index (χ0v) is 10.9. The molecule has 2 atom stereocenters. The average Bonchev–Trinajstić information content (AvgIpc) is 2.46. The van der Waals surface area contributed by atoms with Gasteiger partial charge in [0.2, 0.25) is 0 Å². The largest absolute Gasteiger partial charge is 0.329 e. The van der Waals surface area contributed by atoms with Crippen LogP contribution in [0.5, 0.6) is 0 Å². The third-order valence-electron chi connectivity index (χ3n) is 3.77. The molecule has 0 heterocycles. The maximum atomic E-state index is 5.88. The van der Waals surface area contributed by atoms with Crippen LogP contribution in [0.25, 0.3) is 0 Å². The molecule has 1 aliphatic carbocycles. The Morgan fingerprint density at radius 2 is 2.13 bits per heavy atom. The molecule has 0 spiro atoms. The topological polar surface area (TPSA) is 38.0 Å². The quantitative estimate of drug-likeness (QED) is 0.735. The number of nitrogens with one attached hydrogen (secondary N) is 1. The lowest BCUT2D eigenvalue weighted by Crippen LogP contribution is -2.52. The molecule has 2 nitrogen and oxygen atoms in total. The van der Waals surface area contributed by atoms with Gasteiger partial charge in [-0.15, -0.1) is 0 Å². The third-order valence-corrected chi connectivity index (χ3v) is 3.77. The van der Waals surface area contributed by atoms with Crippen molar-refractivity contribution in [2.45, 2.75) is 71.4 Å². The van der Waals surface area contributed by atoms with Crippen molar-refractivity contribution in [1.82, 2.24) is 5.32 Å². The van der Waals surface area contributed by atoms with E-state index in [1.165, 1.54) is 32.1 Å². The summed E-state index contributed by atoms with van der Waals surface area (Å²) in [5.41, 5.74) is 6.56. The minimum Gasteiger partial charge on any atom is -0.329 e. The Bertz CT molecular complexity index is 201. The molecule has 3 N–H and O–H groups in total. The summed E-state index contributed by atoms with van der Waals surface area (Å²) in [7, 11) is 0. The molecule has 1 fully saturated rings. The second-order valence-electron chi connectivity index (χ2n) is 6.26. The Hall–Kier alpha value is -0.0800. The van der Waals surface area contributed by atoms with Crippen LogP contribution in [-0.2, 0) is 0 Å². The van der Waals surface area contributed by atoms with Gasteiger partial charge in [0.1, 0.15) is 0 Å². The van der Waals surface area contributed by atoms with E-state index in [1.54, 1.807) is 0 Å². The minimum absolute atomic E-state index is 0.153. The van der Waals surface area contributed by atoms with Gasteiger partial charge < -0.3 is 11.1 Å². The van der Waals surface area contributed by atoms with Crippen molar-refractivity contribution in [2.75, 3.05) is 6.54 Å². The number of rotatable bonds is 5. The Morgan fingerprint density at radius 1 is 1.47 bits per heavy atom. The van der Waals surface area contributed by atoms with Crippen LogP contribution in [0.15, 0.2) is 0 Å². The summed E-state index contributed by atoms with van der Waals surface area (Å²) < 4.78 is 0. The third kappa shape index (κ3) is 3.76. The highest BCUT2D eigenvalue weighted by atomic mass is 15.0. The predicted molar refractivity (Wildman–Crippen MR) is 66.9 cm³/mol. The molecule has 0 saturated heterocycles. The maximum absolute atomic E-state index is 5.88. The van der Waals surface area contributed by atoms with Gasteiger partial charge in [-0.3, -0.25) is 0 Å². The first-order valence-corrected chi connectivity index (χ1v) is 6.38. The lowest BCUT2D eigenvalue weighted by Gasteiger charge is -2.33. The van der Waals surface area contributed by atoms with E-state index in [1.807, 2.05) is 0 Å². The van der Waals surface area contributed by atoms with Gasteiger partial charge in [-0.05, 0) is 38.0 Å². The van der Waals surface area contributed by atoms with Crippen molar-refractivity contribution in [1.29, 1.82) is 0 Å². The van der Waals surface area contributed by atoms with E-state index in [4.69, 9.17) is 5.73 Å². The normalized spacial score (nSPS) is 29.0. The Balaban J connectivity index is 2.46. The van der Waals surface area contributed by atoms with Crippen molar-refractivity contribution in [2.24, 2.45) is 11.1 Å². The van der Waals surface area contributed by atoms with E-state index < -0.39 is 0 Å². The highest BCUT2D eigenvalue weighted by molar-refractivity contribution is 4.93. The first-order chi connectivity index (χ1) is 6.91. The van der Waals surface area contributed by atoms with Crippen molar-refractivity contribution < 1.29 is 0 Å². The first-order valence-electron chi connectivity index (χ1n) is 6.38. The fourth-order valence-corrected chi connectivity index (χ4v) is 2.84. The van der Waals surface area contributed by atoms with Crippen LogP contribution in [0, 0.1) is 5.41 Å². The van der Waals surface area contributed by atoms with Crippen LogP contribution in [0.1, 0.15) is 59.8 Å². The Labute approximate surface area is 95.0 Å². The van der Waals surface area contributed by atoms with E-state index in [-0.39, 0.29) is 5.54 Å². The molecular weight excluding hydrogens is 184 g/mol. The van der Waals surface area contributed by atoms with E-state index in [0.717, 1.165) is 6.54 Å².